The summed E-state index contributed by atoms with van der Waals surface area (Å²) in [7, 11) is 0. The number of amides is 2. The number of carboxylic acid groups (broad SMARTS) is 1. The van der Waals surface area contributed by atoms with Crippen LogP contribution in [0.4, 0.5) is 0 Å². The van der Waals surface area contributed by atoms with Crippen LogP contribution in [0.25, 0.3) is 10.8 Å². The lowest BCUT2D eigenvalue weighted by atomic mass is 9.95. The third-order valence-electron chi connectivity index (χ3n) is 4.90. The largest absolute Gasteiger partial charge is 0.478 e. The highest BCUT2D eigenvalue weighted by molar-refractivity contribution is 6.05. The van der Waals surface area contributed by atoms with Crippen LogP contribution in [0.15, 0.2) is 66.7 Å². The van der Waals surface area contributed by atoms with E-state index in [1.807, 2.05) is 48.5 Å². The Labute approximate surface area is 179 Å². The second-order valence-electron chi connectivity index (χ2n) is 6.92. The Kier molecular flexibility index (Phi) is 6.97. The fourth-order valence-electron chi connectivity index (χ4n) is 3.31. The van der Waals surface area contributed by atoms with Crippen LogP contribution in [0.5, 0.6) is 0 Å². The standard InChI is InChI=1S/C24H21N3O4/c25-12-5-13-26-23(29)21(18-11-10-16-6-1-2-7-17(16)14-18)15-27-22(28)19-8-3-4-9-20(19)24(30)31/h1-4,6-11,14,21H,5,13,15H2,(H,26,29)(H,27,28)(H,30,31). The molecule has 7 nitrogen and oxygen atoms in total. The normalized spacial score (nSPS) is 11.3. The van der Waals surface area contributed by atoms with E-state index in [9.17, 15) is 19.5 Å². The number of hydrogen-bond donors (Lipinski definition) is 3. The highest BCUT2D eigenvalue weighted by Gasteiger charge is 2.23. The van der Waals surface area contributed by atoms with Crippen molar-refractivity contribution in [2.24, 2.45) is 0 Å². The topological polar surface area (TPSA) is 119 Å². The minimum atomic E-state index is -1.20. The zero-order valence-electron chi connectivity index (χ0n) is 16.7. The van der Waals surface area contributed by atoms with Gasteiger partial charge in [-0.05, 0) is 28.5 Å². The molecule has 1 unspecified atom stereocenters. The van der Waals surface area contributed by atoms with Gasteiger partial charge in [-0.3, -0.25) is 9.59 Å². The molecule has 31 heavy (non-hydrogen) atoms. The molecule has 0 aliphatic carbocycles. The molecule has 0 spiro atoms. The van der Waals surface area contributed by atoms with Crippen LogP contribution < -0.4 is 10.6 Å². The van der Waals surface area contributed by atoms with Gasteiger partial charge in [0.05, 0.1) is 29.5 Å². The third-order valence-corrected chi connectivity index (χ3v) is 4.90. The van der Waals surface area contributed by atoms with Crippen molar-refractivity contribution in [3.8, 4) is 6.07 Å². The Morgan fingerprint density at radius 3 is 2.29 bits per heavy atom. The first kappa shape index (κ1) is 21.5. The van der Waals surface area contributed by atoms with Gasteiger partial charge in [0.25, 0.3) is 5.91 Å². The zero-order chi connectivity index (χ0) is 22.2. The van der Waals surface area contributed by atoms with Crippen molar-refractivity contribution in [3.63, 3.8) is 0 Å². The number of nitrogens with one attached hydrogen (secondary N) is 2. The van der Waals surface area contributed by atoms with Gasteiger partial charge in [0.1, 0.15) is 0 Å². The van der Waals surface area contributed by atoms with Gasteiger partial charge in [-0.1, -0.05) is 54.6 Å². The van der Waals surface area contributed by atoms with Crippen molar-refractivity contribution in [2.45, 2.75) is 12.3 Å². The van der Waals surface area contributed by atoms with E-state index >= 15 is 0 Å². The second-order valence-corrected chi connectivity index (χ2v) is 6.92. The molecule has 3 rings (SSSR count). The summed E-state index contributed by atoms with van der Waals surface area (Å²) in [6.07, 6.45) is 0.175. The smallest absolute Gasteiger partial charge is 0.336 e. The minimum Gasteiger partial charge on any atom is -0.478 e. The molecule has 0 aliphatic heterocycles. The first-order chi connectivity index (χ1) is 15.0. The summed E-state index contributed by atoms with van der Waals surface area (Å²) in [5.74, 6) is -2.80. The molecular formula is C24H21N3O4. The van der Waals surface area contributed by atoms with Gasteiger partial charge in [-0.2, -0.15) is 5.26 Å². The number of carbonyl (C=O) groups excluding carboxylic acids is 2. The maximum Gasteiger partial charge on any atom is 0.336 e. The molecule has 3 N–H and O–H groups in total. The zero-order valence-corrected chi connectivity index (χ0v) is 16.7. The Balaban J connectivity index is 1.84. The number of hydrogen-bond acceptors (Lipinski definition) is 4. The molecule has 2 amide bonds. The summed E-state index contributed by atoms with van der Waals surface area (Å²) in [5, 5.41) is 25.4. The lowest BCUT2D eigenvalue weighted by Crippen LogP contribution is -2.38. The van der Waals surface area contributed by atoms with Crippen molar-refractivity contribution >= 4 is 28.6 Å². The monoisotopic (exact) mass is 415 g/mol. The summed E-state index contributed by atoms with van der Waals surface area (Å²) in [6.45, 7) is 0.179. The average molecular weight is 415 g/mol. The summed E-state index contributed by atoms with van der Waals surface area (Å²) < 4.78 is 0. The SMILES string of the molecule is N#CCCNC(=O)C(CNC(=O)c1ccccc1C(=O)O)c1ccc2ccccc2c1. The fraction of sp³-hybridized carbons (Fsp3) is 0.167. The highest BCUT2D eigenvalue weighted by Crippen LogP contribution is 2.22. The number of rotatable bonds is 8. The molecule has 1 atom stereocenters. The van der Waals surface area contributed by atoms with Crippen LogP contribution in [-0.2, 0) is 4.79 Å². The number of nitrogens with zero attached hydrogens (tertiary/aromatic N) is 1. The van der Waals surface area contributed by atoms with E-state index in [0.29, 0.717) is 5.56 Å². The van der Waals surface area contributed by atoms with Crippen LogP contribution in [0.1, 0.15) is 38.6 Å². The first-order valence-corrected chi connectivity index (χ1v) is 9.75. The quantitative estimate of drug-likeness (QED) is 0.489. The fourth-order valence-corrected chi connectivity index (χ4v) is 3.31. The van der Waals surface area contributed by atoms with Crippen molar-refractivity contribution in [1.82, 2.24) is 10.6 Å². The van der Waals surface area contributed by atoms with E-state index in [2.05, 4.69) is 10.6 Å². The van der Waals surface area contributed by atoms with Gasteiger partial charge in [0, 0.05) is 13.1 Å². The molecule has 0 saturated heterocycles. The number of carboxylic acids is 1. The molecule has 0 radical (unpaired) electrons. The number of fused-ring (bicyclic) bond motifs is 1. The molecule has 3 aromatic rings. The summed E-state index contributed by atoms with van der Waals surface area (Å²) in [6, 6.07) is 21.2. The van der Waals surface area contributed by atoms with Crippen molar-refractivity contribution < 1.29 is 19.5 Å². The Morgan fingerprint density at radius 2 is 1.58 bits per heavy atom. The van der Waals surface area contributed by atoms with Crippen molar-refractivity contribution in [1.29, 1.82) is 5.26 Å². The van der Waals surface area contributed by atoms with Gasteiger partial charge < -0.3 is 15.7 Å². The lowest BCUT2D eigenvalue weighted by Gasteiger charge is -2.19. The molecule has 7 heteroatoms. The minimum absolute atomic E-state index is 0.0243. The predicted octanol–water partition coefficient (Wildman–Crippen LogP) is 3.08. The number of carbonyl (C=O) groups is 3. The maximum absolute atomic E-state index is 12.8. The highest BCUT2D eigenvalue weighted by atomic mass is 16.4. The molecule has 0 fully saturated rings. The van der Waals surface area contributed by atoms with Crippen LogP contribution in [0, 0.1) is 11.3 Å². The summed E-state index contributed by atoms with van der Waals surface area (Å²) in [4.78, 5) is 36.9. The van der Waals surface area contributed by atoms with Gasteiger partial charge in [0.2, 0.25) is 5.91 Å². The van der Waals surface area contributed by atoms with E-state index in [1.165, 1.54) is 12.1 Å². The van der Waals surface area contributed by atoms with E-state index in [-0.39, 0.29) is 36.5 Å². The molecule has 0 aromatic heterocycles. The molecule has 0 saturated carbocycles. The van der Waals surface area contributed by atoms with Crippen molar-refractivity contribution in [3.05, 3.63) is 83.4 Å². The Bertz CT molecular complexity index is 1170. The van der Waals surface area contributed by atoms with Gasteiger partial charge in [0.15, 0.2) is 0 Å². The molecule has 3 aromatic carbocycles. The van der Waals surface area contributed by atoms with Gasteiger partial charge in [-0.25, -0.2) is 4.79 Å². The summed E-state index contributed by atoms with van der Waals surface area (Å²) in [5.41, 5.74) is 0.623. The second kappa shape index (κ2) is 10.0. The van der Waals surface area contributed by atoms with E-state index in [0.717, 1.165) is 10.8 Å². The number of benzene rings is 3. The third kappa shape index (κ3) is 5.25. The van der Waals surface area contributed by atoms with Crippen LogP contribution >= 0.6 is 0 Å². The van der Waals surface area contributed by atoms with E-state index in [4.69, 9.17) is 5.26 Å². The predicted molar refractivity (Wildman–Crippen MR) is 116 cm³/mol. The van der Waals surface area contributed by atoms with E-state index < -0.39 is 17.8 Å². The molecular weight excluding hydrogens is 394 g/mol. The molecule has 0 bridgehead atoms. The van der Waals surface area contributed by atoms with Crippen LogP contribution in [0.3, 0.4) is 0 Å². The Hall–Kier alpha value is -4.18. The maximum atomic E-state index is 12.8. The first-order valence-electron chi connectivity index (χ1n) is 9.75. The average Bonchev–Trinajstić information content (AvgIpc) is 2.79. The molecule has 0 aliphatic rings. The molecule has 156 valence electrons. The lowest BCUT2D eigenvalue weighted by molar-refractivity contribution is -0.122. The number of nitriles is 1. The van der Waals surface area contributed by atoms with Gasteiger partial charge in [-0.15, -0.1) is 0 Å². The Morgan fingerprint density at radius 1 is 0.903 bits per heavy atom. The summed E-state index contributed by atoms with van der Waals surface area (Å²) >= 11 is 0. The van der Waals surface area contributed by atoms with Crippen molar-refractivity contribution in [2.75, 3.05) is 13.1 Å². The van der Waals surface area contributed by atoms with Crippen LogP contribution in [0.2, 0.25) is 0 Å². The van der Waals surface area contributed by atoms with Crippen LogP contribution in [-0.4, -0.2) is 36.0 Å². The molecule has 0 heterocycles. The number of aromatic carboxylic acids is 1. The van der Waals surface area contributed by atoms with Gasteiger partial charge >= 0.3 is 5.97 Å². The van der Waals surface area contributed by atoms with E-state index in [1.54, 1.807) is 12.1 Å².